The second kappa shape index (κ2) is 11.8. The molecule has 0 fully saturated rings. The zero-order valence-electron chi connectivity index (χ0n) is 19.9. The van der Waals surface area contributed by atoms with E-state index in [1.165, 1.54) is 5.56 Å². The third kappa shape index (κ3) is 6.13. The molecule has 0 saturated carbocycles. The molecule has 1 unspecified atom stereocenters. The SMILES string of the molecule is CCOc1ccc(Br)cc1C.CCOc1ccc(C2(c3cccc(Br)c3)COC(N)=N2)cc1C. The van der Waals surface area contributed by atoms with Crippen molar-refractivity contribution >= 4 is 37.9 Å². The Bertz CT molecular complexity index is 1170. The van der Waals surface area contributed by atoms with Gasteiger partial charge < -0.3 is 19.9 Å². The third-order valence-corrected chi connectivity index (χ3v) is 6.41. The van der Waals surface area contributed by atoms with Crippen molar-refractivity contribution in [2.75, 3.05) is 19.8 Å². The number of aryl methyl sites for hydroxylation is 2. The van der Waals surface area contributed by atoms with Gasteiger partial charge in [-0.2, -0.15) is 0 Å². The lowest BCUT2D eigenvalue weighted by Crippen LogP contribution is -2.27. The summed E-state index contributed by atoms with van der Waals surface area (Å²) in [6, 6.07) is 20.4. The van der Waals surface area contributed by atoms with Gasteiger partial charge in [0.2, 0.25) is 0 Å². The Hall–Kier alpha value is -2.51. The first-order valence-corrected chi connectivity index (χ1v) is 12.7. The highest BCUT2D eigenvalue weighted by atomic mass is 79.9. The largest absolute Gasteiger partial charge is 0.494 e. The Morgan fingerprint density at radius 3 is 1.97 bits per heavy atom. The lowest BCUT2D eigenvalue weighted by molar-refractivity contribution is 0.278. The van der Waals surface area contributed by atoms with Gasteiger partial charge in [0.1, 0.15) is 18.1 Å². The molecule has 0 radical (unpaired) electrons. The van der Waals surface area contributed by atoms with E-state index < -0.39 is 5.54 Å². The minimum absolute atomic E-state index is 0.219. The Balaban J connectivity index is 0.000000248. The van der Waals surface area contributed by atoms with Crippen LogP contribution in [-0.4, -0.2) is 25.8 Å². The van der Waals surface area contributed by atoms with Gasteiger partial charge in [0.05, 0.1) is 13.2 Å². The van der Waals surface area contributed by atoms with Crippen LogP contribution in [0.25, 0.3) is 0 Å². The predicted octanol–water partition coefficient (Wildman–Crippen LogP) is 6.90. The number of amidine groups is 1. The van der Waals surface area contributed by atoms with Crippen molar-refractivity contribution in [3.8, 4) is 11.5 Å². The number of aliphatic imine (C=N–C) groups is 1. The van der Waals surface area contributed by atoms with Gasteiger partial charge in [0.25, 0.3) is 6.02 Å². The highest BCUT2D eigenvalue weighted by molar-refractivity contribution is 9.10. The maximum absolute atomic E-state index is 5.83. The van der Waals surface area contributed by atoms with E-state index in [9.17, 15) is 0 Å². The number of nitrogens with zero attached hydrogens (tertiary/aromatic N) is 1. The van der Waals surface area contributed by atoms with Gasteiger partial charge in [-0.05, 0) is 92.4 Å². The van der Waals surface area contributed by atoms with E-state index in [1.54, 1.807) is 0 Å². The molecule has 0 aliphatic carbocycles. The Kier molecular flexibility index (Phi) is 9.03. The molecule has 4 rings (SSSR count). The summed E-state index contributed by atoms with van der Waals surface area (Å²) in [4.78, 5) is 4.63. The van der Waals surface area contributed by atoms with E-state index in [4.69, 9.17) is 19.9 Å². The van der Waals surface area contributed by atoms with Gasteiger partial charge in [-0.25, -0.2) is 4.99 Å². The van der Waals surface area contributed by atoms with E-state index >= 15 is 0 Å². The average molecular weight is 590 g/mol. The molecule has 1 heterocycles. The van der Waals surface area contributed by atoms with Crippen LogP contribution in [0.1, 0.15) is 36.1 Å². The van der Waals surface area contributed by atoms with Gasteiger partial charge in [-0.15, -0.1) is 0 Å². The van der Waals surface area contributed by atoms with Crippen molar-refractivity contribution in [2.24, 2.45) is 10.7 Å². The second-order valence-corrected chi connectivity index (χ2v) is 9.70. The average Bonchev–Trinajstić information content (AvgIpc) is 3.21. The van der Waals surface area contributed by atoms with E-state index in [1.807, 2.05) is 76.2 Å². The lowest BCUT2D eigenvalue weighted by atomic mass is 9.83. The molecular weight excluding hydrogens is 560 g/mol. The number of nitrogens with two attached hydrogens (primary N) is 1. The summed E-state index contributed by atoms with van der Waals surface area (Å²) >= 11 is 6.92. The lowest BCUT2D eigenvalue weighted by Gasteiger charge is -2.26. The van der Waals surface area contributed by atoms with Gasteiger partial charge in [0, 0.05) is 8.95 Å². The van der Waals surface area contributed by atoms with E-state index in [0.717, 1.165) is 43.7 Å². The summed E-state index contributed by atoms with van der Waals surface area (Å²) in [5.74, 6) is 1.85. The Labute approximate surface area is 218 Å². The highest BCUT2D eigenvalue weighted by Crippen LogP contribution is 2.39. The molecule has 0 spiro atoms. The highest BCUT2D eigenvalue weighted by Gasteiger charge is 2.40. The first-order chi connectivity index (χ1) is 16.3. The van der Waals surface area contributed by atoms with Crippen LogP contribution in [-0.2, 0) is 10.3 Å². The Morgan fingerprint density at radius 2 is 1.44 bits per heavy atom. The van der Waals surface area contributed by atoms with E-state index in [0.29, 0.717) is 13.2 Å². The summed E-state index contributed by atoms with van der Waals surface area (Å²) in [6.45, 7) is 9.80. The first kappa shape index (κ1) is 26.1. The standard InChI is InChI=1S/C18H19BrN2O2.C9H11BrO/c1-3-22-16-8-7-14(9-12(16)2)18(11-23-17(20)21-18)13-5-4-6-15(19)10-13;1-3-11-9-5-4-8(10)6-7(9)2/h4-10H,3,11H2,1-2H3,(H2,20,21);4-6H,3H2,1-2H3. The molecule has 0 saturated heterocycles. The molecule has 1 aliphatic rings. The maximum atomic E-state index is 5.83. The first-order valence-electron chi connectivity index (χ1n) is 11.2. The number of halogens is 2. The van der Waals surface area contributed by atoms with Crippen LogP contribution in [0, 0.1) is 13.8 Å². The fourth-order valence-electron chi connectivity index (χ4n) is 3.79. The van der Waals surface area contributed by atoms with E-state index in [2.05, 4.69) is 49.0 Å². The zero-order valence-corrected chi connectivity index (χ0v) is 23.1. The molecule has 3 aromatic rings. The topological polar surface area (TPSA) is 66.1 Å². The van der Waals surface area contributed by atoms with Crippen molar-refractivity contribution in [3.63, 3.8) is 0 Å². The molecule has 1 atom stereocenters. The number of hydrogen-bond donors (Lipinski definition) is 1. The number of hydrogen-bond acceptors (Lipinski definition) is 5. The van der Waals surface area contributed by atoms with Crippen LogP contribution in [0.15, 0.2) is 74.6 Å². The fraction of sp³-hybridized carbons (Fsp3) is 0.296. The van der Waals surface area contributed by atoms with Crippen LogP contribution in [0.3, 0.4) is 0 Å². The molecule has 0 amide bonds. The van der Waals surface area contributed by atoms with Gasteiger partial charge in [-0.1, -0.05) is 50.1 Å². The molecule has 5 nitrogen and oxygen atoms in total. The normalized spacial score (nSPS) is 16.7. The predicted molar refractivity (Wildman–Crippen MR) is 145 cm³/mol. The van der Waals surface area contributed by atoms with Crippen molar-refractivity contribution in [3.05, 3.63) is 91.9 Å². The molecule has 180 valence electrons. The summed E-state index contributed by atoms with van der Waals surface area (Å²) in [5.41, 5.74) is 9.52. The number of benzene rings is 3. The summed E-state index contributed by atoms with van der Waals surface area (Å²) < 4.78 is 18.6. The second-order valence-electron chi connectivity index (χ2n) is 7.87. The zero-order chi connectivity index (χ0) is 24.7. The third-order valence-electron chi connectivity index (χ3n) is 5.42. The molecular formula is C27H30Br2N2O3. The van der Waals surface area contributed by atoms with Gasteiger partial charge in [-0.3, -0.25) is 0 Å². The summed E-state index contributed by atoms with van der Waals surface area (Å²) in [5, 5.41) is 0. The van der Waals surface area contributed by atoms with E-state index in [-0.39, 0.29) is 6.02 Å². The monoisotopic (exact) mass is 588 g/mol. The van der Waals surface area contributed by atoms with Gasteiger partial charge >= 0.3 is 0 Å². The molecule has 2 N–H and O–H groups in total. The summed E-state index contributed by atoms with van der Waals surface area (Å²) in [7, 11) is 0. The quantitative estimate of drug-likeness (QED) is 0.339. The maximum Gasteiger partial charge on any atom is 0.283 e. The molecule has 3 aromatic carbocycles. The van der Waals surface area contributed by atoms with Crippen molar-refractivity contribution in [2.45, 2.75) is 33.2 Å². The van der Waals surface area contributed by atoms with Crippen molar-refractivity contribution in [1.29, 1.82) is 0 Å². The van der Waals surface area contributed by atoms with Gasteiger partial charge in [0.15, 0.2) is 5.54 Å². The van der Waals surface area contributed by atoms with Crippen LogP contribution in [0.2, 0.25) is 0 Å². The molecule has 1 aliphatic heterocycles. The smallest absolute Gasteiger partial charge is 0.283 e. The molecule has 7 heteroatoms. The summed E-state index contributed by atoms with van der Waals surface area (Å²) in [6.07, 6.45) is 0. The molecule has 0 bridgehead atoms. The van der Waals surface area contributed by atoms with Crippen LogP contribution < -0.4 is 15.2 Å². The molecule has 34 heavy (non-hydrogen) atoms. The molecule has 0 aromatic heterocycles. The van der Waals surface area contributed by atoms with Crippen molar-refractivity contribution < 1.29 is 14.2 Å². The van der Waals surface area contributed by atoms with Crippen LogP contribution in [0.5, 0.6) is 11.5 Å². The minimum Gasteiger partial charge on any atom is -0.494 e. The number of rotatable bonds is 6. The number of ether oxygens (including phenoxy) is 3. The Morgan fingerprint density at radius 1 is 0.853 bits per heavy atom. The fourth-order valence-corrected chi connectivity index (χ4v) is 4.67. The van der Waals surface area contributed by atoms with Crippen molar-refractivity contribution in [1.82, 2.24) is 0 Å². The minimum atomic E-state index is -0.622. The van der Waals surface area contributed by atoms with Crippen LogP contribution >= 0.6 is 31.9 Å². The van der Waals surface area contributed by atoms with Crippen LogP contribution in [0.4, 0.5) is 0 Å².